The highest BCUT2D eigenvalue weighted by Crippen LogP contribution is 2.21. The molecule has 0 saturated carbocycles. The minimum Gasteiger partial charge on any atom is -0.329 e. The van der Waals surface area contributed by atoms with Crippen molar-refractivity contribution >= 4 is 21.6 Å². The van der Waals surface area contributed by atoms with E-state index in [9.17, 15) is 12.8 Å². The molecule has 96 valence electrons. The zero-order valence-corrected chi connectivity index (χ0v) is 11.1. The van der Waals surface area contributed by atoms with Crippen LogP contribution in [0.25, 0.3) is 0 Å². The van der Waals surface area contributed by atoms with Crippen LogP contribution in [0.5, 0.6) is 0 Å². The van der Waals surface area contributed by atoms with Gasteiger partial charge in [-0.25, -0.2) is 12.8 Å². The van der Waals surface area contributed by atoms with Crippen LogP contribution in [0.1, 0.15) is 6.92 Å². The van der Waals surface area contributed by atoms with Crippen LogP contribution in [-0.2, 0) is 10.0 Å². The van der Waals surface area contributed by atoms with Crippen LogP contribution in [0.15, 0.2) is 23.1 Å². The number of nitrogens with zero attached hydrogens (tertiary/aromatic N) is 1. The maximum atomic E-state index is 13.1. The molecule has 0 bridgehead atoms. The molecule has 1 aromatic rings. The van der Waals surface area contributed by atoms with Crippen molar-refractivity contribution in [3.05, 3.63) is 29.0 Å². The Morgan fingerprint density at radius 1 is 1.47 bits per heavy atom. The molecule has 0 aliphatic heterocycles. The first kappa shape index (κ1) is 14.4. The number of hydrogen-bond donors (Lipinski definition) is 1. The molecule has 0 aliphatic rings. The van der Waals surface area contributed by atoms with Gasteiger partial charge in [0.2, 0.25) is 10.0 Å². The fourth-order valence-corrected chi connectivity index (χ4v) is 2.95. The summed E-state index contributed by atoms with van der Waals surface area (Å²) in [6.07, 6.45) is 0. The first-order valence-corrected chi connectivity index (χ1v) is 6.75. The van der Waals surface area contributed by atoms with Crippen LogP contribution in [0, 0.1) is 5.82 Å². The van der Waals surface area contributed by atoms with Gasteiger partial charge in [-0.15, -0.1) is 0 Å². The lowest BCUT2D eigenvalue weighted by Gasteiger charge is -2.23. The molecule has 17 heavy (non-hydrogen) atoms. The number of halogens is 2. The van der Waals surface area contributed by atoms with Crippen LogP contribution in [-0.4, -0.2) is 32.4 Å². The quantitative estimate of drug-likeness (QED) is 0.908. The predicted octanol–water partition coefficient (Wildman–Crippen LogP) is 1.45. The van der Waals surface area contributed by atoms with Gasteiger partial charge in [0.15, 0.2) is 0 Å². The Morgan fingerprint density at radius 2 is 2.06 bits per heavy atom. The van der Waals surface area contributed by atoms with Gasteiger partial charge in [0.25, 0.3) is 0 Å². The van der Waals surface area contributed by atoms with Crippen LogP contribution in [0.4, 0.5) is 4.39 Å². The zero-order chi connectivity index (χ0) is 13.2. The van der Waals surface area contributed by atoms with Crippen molar-refractivity contribution in [1.29, 1.82) is 0 Å². The van der Waals surface area contributed by atoms with Gasteiger partial charge < -0.3 is 5.73 Å². The molecular formula is C10H14ClFN2O2S. The summed E-state index contributed by atoms with van der Waals surface area (Å²) in [4.78, 5) is -0.176. The molecule has 0 spiro atoms. The Kier molecular flexibility index (Phi) is 4.48. The summed E-state index contributed by atoms with van der Waals surface area (Å²) in [5.41, 5.74) is 5.40. The van der Waals surface area contributed by atoms with E-state index in [0.29, 0.717) is 0 Å². The van der Waals surface area contributed by atoms with Crippen LogP contribution in [0.2, 0.25) is 5.02 Å². The number of rotatable bonds is 4. The number of likely N-dealkylation sites (N-methyl/N-ethyl adjacent to an activating group) is 1. The third-order valence-corrected chi connectivity index (χ3v) is 4.64. The monoisotopic (exact) mass is 280 g/mol. The SMILES string of the molecule is CC(CN)N(C)S(=O)(=O)c1cc(F)cc(Cl)c1. The van der Waals surface area contributed by atoms with Crippen molar-refractivity contribution in [3.8, 4) is 0 Å². The third-order valence-electron chi connectivity index (χ3n) is 2.47. The van der Waals surface area contributed by atoms with E-state index in [0.717, 1.165) is 16.4 Å². The Labute approximate surface area is 105 Å². The van der Waals surface area contributed by atoms with E-state index in [-0.39, 0.29) is 22.5 Å². The molecule has 7 heteroatoms. The molecule has 1 atom stereocenters. The van der Waals surface area contributed by atoms with E-state index in [1.807, 2.05) is 0 Å². The summed E-state index contributed by atoms with van der Waals surface area (Å²) in [5, 5.41) is 0.0392. The molecule has 0 fully saturated rings. The van der Waals surface area contributed by atoms with Gasteiger partial charge in [-0.1, -0.05) is 11.6 Å². The van der Waals surface area contributed by atoms with E-state index in [1.165, 1.54) is 13.1 Å². The summed E-state index contributed by atoms with van der Waals surface area (Å²) < 4.78 is 38.4. The molecule has 0 aromatic heterocycles. The van der Waals surface area contributed by atoms with Gasteiger partial charge >= 0.3 is 0 Å². The summed E-state index contributed by atoms with van der Waals surface area (Å²) in [5.74, 6) is -0.690. The Balaban J connectivity index is 3.22. The Morgan fingerprint density at radius 3 is 2.53 bits per heavy atom. The predicted molar refractivity (Wildman–Crippen MR) is 64.9 cm³/mol. The largest absolute Gasteiger partial charge is 0.329 e. The van der Waals surface area contributed by atoms with Crippen molar-refractivity contribution in [2.24, 2.45) is 5.73 Å². The van der Waals surface area contributed by atoms with Crippen molar-refractivity contribution < 1.29 is 12.8 Å². The number of sulfonamides is 1. The van der Waals surface area contributed by atoms with Gasteiger partial charge in [-0.05, 0) is 25.1 Å². The van der Waals surface area contributed by atoms with Crippen molar-refractivity contribution in [2.75, 3.05) is 13.6 Å². The van der Waals surface area contributed by atoms with Gasteiger partial charge in [0.1, 0.15) is 5.82 Å². The van der Waals surface area contributed by atoms with E-state index in [2.05, 4.69) is 0 Å². The van der Waals surface area contributed by atoms with Gasteiger partial charge in [-0.3, -0.25) is 0 Å². The first-order valence-electron chi connectivity index (χ1n) is 4.93. The van der Waals surface area contributed by atoms with E-state index in [1.54, 1.807) is 6.92 Å². The van der Waals surface area contributed by atoms with Gasteiger partial charge in [-0.2, -0.15) is 4.31 Å². The van der Waals surface area contributed by atoms with Crippen LogP contribution >= 0.6 is 11.6 Å². The smallest absolute Gasteiger partial charge is 0.243 e. The van der Waals surface area contributed by atoms with E-state index in [4.69, 9.17) is 17.3 Å². The zero-order valence-electron chi connectivity index (χ0n) is 9.52. The highest BCUT2D eigenvalue weighted by atomic mass is 35.5. The fraction of sp³-hybridized carbons (Fsp3) is 0.400. The molecule has 0 radical (unpaired) electrons. The topological polar surface area (TPSA) is 63.4 Å². The molecule has 0 aliphatic carbocycles. The molecular weight excluding hydrogens is 267 g/mol. The molecule has 0 amide bonds. The maximum Gasteiger partial charge on any atom is 0.243 e. The normalized spacial score (nSPS) is 14.0. The maximum absolute atomic E-state index is 13.1. The summed E-state index contributed by atoms with van der Waals surface area (Å²) >= 11 is 5.63. The molecule has 0 saturated heterocycles. The minimum atomic E-state index is -3.77. The van der Waals surface area contributed by atoms with Crippen LogP contribution < -0.4 is 5.73 Å². The molecule has 4 nitrogen and oxygen atoms in total. The van der Waals surface area contributed by atoms with Crippen molar-refractivity contribution in [3.63, 3.8) is 0 Å². The summed E-state index contributed by atoms with van der Waals surface area (Å²) in [6, 6.07) is 2.81. The third kappa shape index (κ3) is 3.16. The summed E-state index contributed by atoms with van der Waals surface area (Å²) in [7, 11) is -2.37. The minimum absolute atomic E-state index is 0.0392. The highest BCUT2D eigenvalue weighted by molar-refractivity contribution is 7.89. The molecule has 0 heterocycles. The second-order valence-corrected chi connectivity index (χ2v) is 6.15. The lowest BCUT2D eigenvalue weighted by Crippen LogP contribution is -2.39. The van der Waals surface area contributed by atoms with Crippen molar-refractivity contribution in [2.45, 2.75) is 17.9 Å². The lowest BCUT2D eigenvalue weighted by molar-refractivity contribution is 0.394. The van der Waals surface area contributed by atoms with Gasteiger partial charge in [0.05, 0.1) is 4.90 Å². The number of nitrogens with two attached hydrogens (primary N) is 1. The van der Waals surface area contributed by atoms with Crippen LogP contribution in [0.3, 0.4) is 0 Å². The average molecular weight is 281 g/mol. The second-order valence-electron chi connectivity index (χ2n) is 3.71. The Bertz CT molecular complexity index is 487. The number of hydrogen-bond acceptors (Lipinski definition) is 3. The average Bonchev–Trinajstić information content (AvgIpc) is 2.25. The molecule has 1 unspecified atom stereocenters. The molecule has 2 N–H and O–H groups in total. The summed E-state index contributed by atoms with van der Waals surface area (Å²) in [6.45, 7) is 1.84. The standard InChI is InChI=1S/C10H14ClFN2O2S/c1-7(6-13)14(2)17(15,16)10-4-8(11)3-9(12)5-10/h3-5,7H,6,13H2,1-2H3. The van der Waals surface area contributed by atoms with Gasteiger partial charge in [0, 0.05) is 24.7 Å². The second kappa shape index (κ2) is 5.30. The van der Waals surface area contributed by atoms with E-state index >= 15 is 0 Å². The van der Waals surface area contributed by atoms with E-state index < -0.39 is 15.8 Å². The lowest BCUT2D eigenvalue weighted by atomic mass is 10.3. The number of benzene rings is 1. The Hall–Kier alpha value is -0.690. The first-order chi connectivity index (χ1) is 7.78. The fourth-order valence-electron chi connectivity index (χ4n) is 1.23. The molecule has 1 rings (SSSR count). The highest BCUT2D eigenvalue weighted by Gasteiger charge is 2.25. The van der Waals surface area contributed by atoms with Crippen molar-refractivity contribution in [1.82, 2.24) is 4.31 Å². The molecule has 1 aromatic carbocycles.